The van der Waals surface area contributed by atoms with Crippen LogP contribution in [0.2, 0.25) is 0 Å². The molecule has 0 saturated carbocycles. The van der Waals surface area contributed by atoms with Crippen molar-refractivity contribution in [3.8, 4) is 0 Å². The number of aromatic amines is 1. The molecule has 0 aromatic carbocycles. The molecule has 2 saturated heterocycles. The average molecular weight is 606 g/mol. The molecule has 5 rings (SSSR count). The summed E-state index contributed by atoms with van der Waals surface area (Å²) in [6.07, 6.45) is -7.48. The Labute approximate surface area is 227 Å². The number of fused-ring (bicyclic) bond motifs is 1. The summed E-state index contributed by atoms with van der Waals surface area (Å²) in [6, 6.07) is 1.29. The molecule has 0 unspecified atom stereocenters. The quantitative estimate of drug-likeness (QED) is 0.117. The molecule has 5 heterocycles. The van der Waals surface area contributed by atoms with Crippen LogP contribution >= 0.6 is 7.82 Å². The number of aliphatic hydroxyl groups is 5. The SMILES string of the molecule is Nc1ccn([C@@H]2O[C@H](COP(=O)(O)O)[C@@H](O)[C@H]2O)c(=O)n1.Nc1nc2c(ncn2[C@@H]2O[C@H](CO)[C@@H](O)[C@H]2O)c(=O)[nH]1. The minimum absolute atomic E-state index is 0.0225. The number of phosphoric ester groups is 1. The van der Waals surface area contributed by atoms with Gasteiger partial charge in [0.2, 0.25) is 5.95 Å². The lowest BCUT2D eigenvalue weighted by Gasteiger charge is -2.16. The number of nitrogens with zero attached hydrogens (tertiary/aromatic N) is 5. The molecular formula is C19H27N8O13P. The van der Waals surface area contributed by atoms with Crippen LogP contribution in [0.15, 0.2) is 28.2 Å². The third-order valence-electron chi connectivity index (χ3n) is 6.11. The van der Waals surface area contributed by atoms with E-state index >= 15 is 0 Å². The maximum absolute atomic E-state index is 11.7. The first-order valence-electron chi connectivity index (χ1n) is 11.6. The molecule has 2 aliphatic heterocycles. The Morgan fingerprint density at radius 1 is 0.976 bits per heavy atom. The van der Waals surface area contributed by atoms with Crippen molar-refractivity contribution in [3.63, 3.8) is 0 Å². The summed E-state index contributed by atoms with van der Waals surface area (Å²) >= 11 is 0. The zero-order valence-corrected chi connectivity index (χ0v) is 21.6. The van der Waals surface area contributed by atoms with Crippen molar-refractivity contribution in [3.05, 3.63) is 39.4 Å². The van der Waals surface area contributed by atoms with E-state index in [0.29, 0.717) is 0 Å². The van der Waals surface area contributed by atoms with Crippen molar-refractivity contribution in [1.29, 1.82) is 0 Å². The maximum atomic E-state index is 11.7. The van der Waals surface area contributed by atoms with Gasteiger partial charge < -0.3 is 56.3 Å². The van der Waals surface area contributed by atoms with Gasteiger partial charge in [-0.3, -0.25) is 23.4 Å². The van der Waals surface area contributed by atoms with E-state index in [9.17, 15) is 34.6 Å². The fourth-order valence-corrected chi connectivity index (χ4v) is 4.47. The molecular weight excluding hydrogens is 579 g/mol. The summed E-state index contributed by atoms with van der Waals surface area (Å²) in [6.45, 7) is -1.10. The predicted molar refractivity (Wildman–Crippen MR) is 132 cm³/mol. The molecule has 41 heavy (non-hydrogen) atoms. The topological polar surface area (TPSA) is 337 Å². The Balaban J connectivity index is 0.000000189. The van der Waals surface area contributed by atoms with Crippen LogP contribution < -0.4 is 22.7 Å². The summed E-state index contributed by atoms with van der Waals surface area (Å²) in [5.74, 6) is -0.123. The number of anilines is 2. The van der Waals surface area contributed by atoms with Crippen LogP contribution in [-0.4, -0.2) is 114 Å². The fourth-order valence-electron chi connectivity index (χ4n) is 4.13. The molecule has 226 valence electrons. The third kappa shape index (κ3) is 6.45. The van der Waals surface area contributed by atoms with Crippen molar-refractivity contribution >= 4 is 30.8 Å². The average Bonchev–Trinajstić information content (AvgIpc) is 3.52. The number of hydrogen-bond acceptors (Lipinski definition) is 16. The number of aromatic nitrogens is 6. The Morgan fingerprint density at radius 2 is 1.59 bits per heavy atom. The van der Waals surface area contributed by atoms with Gasteiger partial charge in [-0.25, -0.2) is 14.3 Å². The van der Waals surface area contributed by atoms with Crippen LogP contribution in [0, 0.1) is 0 Å². The number of phosphoric acid groups is 1. The number of H-pyrrole nitrogens is 1. The number of aliphatic hydroxyl groups excluding tert-OH is 5. The molecule has 0 amide bonds. The second-order valence-corrected chi connectivity index (χ2v) is 10.1. The number of imidazole rings is 1. The lowest BCUT2D eigenvalue weighted by atomic mass is 10.1. The largest absolute Gasteiger partial charge is 0.469 e. The summed E-state index contributed by atoms with van der Waals surface area (Å²) in [5.41, 5.74) is 9.64. The van der Waals surface area contributed by atoms with Crippen LogP contribution in [0.4, 0.5) is 11.8 Å². The minimum Gasteiger partial charge on any atom is -0.394 e. The highest BCUT2D eigenvalue weighted by atomic mass is 31.2. The van der Waals surface area contributed by atoms with Crippen LogP contribution in [0.3, 0.4) is 0 Å². The number of nitrogen functional groups attached to an aromatic ring is 2. The minimum atomic E-state index is -4.74. The van der Waals surface area contributed by atoms with Gasteiger partial charge in [-0.15, -0.1) is 0 Å². The van der Waals surface area contributed by atoms with Gasteiger partial charge in [-0.2, -0.15) is 9.97 Å². The van der Waals surface area contributed by atoms with Crippen LogP contribution in [-0.2, 0) is 18.6 Å². The predicted octanol–water partition coefficient (Wildman–Crippen LogP) is -5.13. The number of nitrogens with one attached hydrogen (secondary N) is 1. The summed E-state index contributed by atoms with van der Waals surface area (Å²) in [5, 5.41) is 48.4. The van der Waals surface area contributed by atoms with Crippen molar-refractivity contribution in [2.75, 3.05) is 24.7 Å². The molecule has 0 bridgehead atoms. The molecule has 22 heteroatoms. The summed E-state index contributed by atoms with van der Waals surface area (Å²) in [7, 11) is -4.74. The van der Waals surface area contributed by atoms with Gasteiger partial charge in [0.15, 0.2) is 23.6 Å². The number of ether oxygens (including phenoxy) is 2. The van der Waals surface area contributed by atoms with Crippen LogP contribution in [0.25, 0.3) is 11.2 Å². The monoisotopic (exact) mass is 606 g/mol. The molecule has 12 N–H and O–H groups in total. The zero-order chi connectivity index (χ0) is 30.2. The normalized spacial score (nSPS) is 29.9. The number of hydrogen-bond donors (Lipinski definition) is 10. The Kier molecular flexibility index (Phi) is 8.87. The van der Waals surface area contributed by atoms with Gasteiger partial charge in [0.1, 0.15) is 42.4 Å². The van der Waals surface area contributed by atoms with E-state index < -0.39 is 81.4 Å². The molecule has 21 nitrogen and oxygen atoms in total. The zero-order valence-electron chi connectivity index (χ0n) is 20.7. The first-order valence-corrected chi connectivity index (χ1v) is 13.2. The van der Waals surface area contributed by atoms with Gasteiger partial charge in [-0.1, -0.05) is 0 Å². The molecule has 3 aromatic heterocycles. The molecule has 3 aromatic rings. The molecule has 2 fully saturated rings. The summed E-state index contributed by atoms with van der Waals surface area (Å²) < 4.78 is 27.6. The van der Waals surface area contributed by atoms with Crippen molar-refractivity contribution in [2.45, 2.75) is 49.1 Å². The standard InChI is InChI=1S/C10H13N5O5.C9H14N3O8P/c11-10-13-7-4(8(19)14-10)12-2-15(7)9-6(18)5(17)3(1-16)20-9;10-5-1-2-12(9(15)11-5)8-7(14)6(13)4(20-8)3-19-21(16,17)18/h2-3,5-6,9,16-18H,1H2,(H3,11,13,14,19);1-2,4,6-8,13-14H,3H2,(H2,10,11,15)(H2,16,17,18)/t3-,5-,6-,9-;4-,6-,7-,8-/m11/s1. The van der Waals surface area contributed by atoms with Gasteiger partial charge in [0.05, 0.1) is 19.5 Å². The molecule has 0 spiro atoms. The van der Waals surface area contributed by atoms with Gasteiger partial charge >= 0.3 is 13.5 Å². The van der Waals surface area contributed by atoms with Crippen molar-refractivity contribution in [2.24, 2.45) is 0 Å². The Bertz CT molecular complexity index is 1540. The molecule has 2 aliphatic rings. The highest BCUT2D eigenvalue weighted by molar-refractivity contribution is 7.46. The highest BCUT2D eigenvalue weighted by Crippen LogP contribution is 2.38. The van der Waals surface area contributed by atoms with Crippen LogP contribution in [0.1, 0.15) is 12.5 Å². The smallest absolute Gasteiger partial charge is 0.394 e. The number of rotatable bonds is 6. The van der Waals surface area contributed by atoms with Gasteiger partial charge in [0.25, 0.3) is 5.56 Å². The lowest BCUT2D eigenvalue weighted by Crippen LogP contribution is -2.36. The maximum Gasteiger partial charge on any atom is 0.469 e. The number of nitrogens with two attached hydrogens (primary N) is 2. The highest BCUT2D eigenvalue weighted by Gasteiger charge is 2.45. The third-order valence-corrected chi connectivity index (χ3v) is 6.60. The second kappa shape index (κ2) is 11.9. The van der Waals surface area contributed by atoms with E-state index in [4.69, 9.17) is 35.8 Å². The lowest BCUT2D eigenvalue weighted by molar-refractivity contribution is -0.0542. The first kappa shape index (κ1) is 30.6. The van der Waals surface area contributed by atoms with E-state index in [-0.39, 0.29) is 22.9 Å². The van der Waals surface area contributed by atoms with E-state index in [1.807, 2.05) is 0 Å². The Hall–Kier alpha value is -3.34. The van der Waals surface area contributed by atoms with Gasteiger partial charge in [-0.05, 0) is 6.07 Å². The molecule has 8 atom stereocenters. The summed E-state index contributed by atoms with van der Waals surface area (Å²) in [4.78, 5) is 54.1. The molecule has 0 radical (unpaired) electrons. The van der Waals surface area contributed by atoms with E-state index in [1.54, 1.807) is 0 Å². The Morgan fingerprint density at radius 3 is 2.17 bits per heavy atom. The van der Waals surface area contributed by atoms with Crippen molar-refractivity contribution in [1.82, 2.24) is 29.1 Å². The molecule has 0 aliphatic carbocycles. The van der Waals surface area contributed by atoms with Gasteiger partial charge in [0, 0.05) is 6.20 Å². The van der Waals surface area contributed by atoms with Crippen molar-refractivity contribution < 1.29 is 53.9 Å². The van der Waals surface area contributed by atoms with E-state index in [2.05, 4.69) is 24.5 Å². The van der Waals surface area contributed by atoms with Crippen LogP contribution in [0.5, 0.6) is 0 Å². The van der Waals surface area contributed by atoms with E-state index in [0.717, 1.165) is 4.57 Å². The first-order chi connectivity index (χ1) is 19.2. The van der Waals surface area contributed by atoms with E-state index in [1.165, 1.54) is 23.2 Å². The fraction of sp³-hybridized carbons (Fsp3) is 0.526. The second-order valence-electron chi connectivity index (χ2n) is 8.88.